The van der Waals surface area contributed by atoms with Crippen LogP contribution in [0.5, 0.6) is 5.75 Å². The monoisotopic (exact) mass is 387 g/mol. The number of hydrogen-bond acceptors (Lipinski definition) is 5. The first kappa shape index (κ1) is 19.6. The number of amides is 1. The van der Waals surface area contributed by atoms with E-state index in [1.807, 2.05) is 12.1 Å². The molecule has 0 aromatic heterocycles. The van der Waals surface area contributed by atoms with Crippen molar-refractivity contribution in [3.8, 4) is 11.8 Å². The summed E-state index contributed by atoms with van der Waals surface area (Å²) in [5.74, 6) is -0.154. The average molecular weight is 387 g/mol. The van der Waals surface area contributed by atoms with Gasteiger partial charge in [-0.1, -0.05) is 36.4 Å². The van der Waals surface area contributed by atoms with Gasteiger partial charge in [-0.2, -0.15) is 5.26 Å². The third kappa shape index (κ3) is 4.76. The van der Waals surface area contributed by atoms with Crippen LogP contribution < -0.4 is 10.1 Å². The molecule has 29 heavy (non-hydrogen) atoms. The van der Waals surface area contributed by atoms with Crippen LogP contribution in [0.4, 0.5) is 11.4 Å². The summed E-state index contributed by atoms with van der Waals surface area (Å²) in [4.78, 5) is 23.8. The zero-order valence-electron chi connectivity index (χ0n) is 15.5. The molecule has 1 atom stereocenters. The molecule has 0 radical (unpaired) electrons. The van der Waals surface area contributed by atoms with E-state index in [0.29, 0.717) is 22.4 Å². The number of nitrogens with one attached hydrogen (secondary N) is 1. The number of carbonyl (C=O) groups is 1. The summed E-state index contributed by atoms with van der Waals surface area (Å²) in [6.07, 6.45) is -1.04. The standard InChI is InChI=1S/C22H17N3O4/c1-15-7-12-19(20(13-15)25(27)28)24-22(26)21(17-5-3-2-4-6-17)29-18-10-8-16(14-23)9-11-18/h2-13,21H,1H3,(H,24,26)/t21-/m1/s1. The first-order chi connectivity index (χ1) is 14.0. The van der Waals surface area contributed by atoms with E-state index in [-0.39, 0.29) is 11.4 Å². The Hall–Kier alpha value is -4.18. The first-order valence-corrected chi connectivity index (χ1v) is 8.75. The molecule has 0 aliphatic heterocycles. The molecule has 0 aliphatic carbocycles. The van der Waals surface area contributed by atoms with E-state index in [1.165, 1.54) is 12.1 Å². The van der Waals surface area contributed by atoms with Gasteiger partial charge in [0.2, 0.25) is 6.10 Å². The number of nitriles is 1. The predicted molar refractivity (Wildman–Crippen MR) is 107 cm³/mol. The summed E-state index contributed by atoms with van der Waals surface area (Å²) < 4.78 is 5.87. The molecule has 0 spiro atoms. The maximum atomic E-state index is 13.0. The molecule has 3 aromatic carbocycles. The highest BCUT2D eigenvalue weighted by Crippen LogP contribution is 2.28. The van der Waals surface area contributed by atoms with Gasteiger partial charge < -0.3 is 10.1 Å². The van der Waals surface area contributed by atoms with E-state index in [1.54, 1.807) is 61.5 Å². The third-order valence-corrected chi connectivity index (χ3v) is 4.19. The summed E-state index contributed by atoms with van der Waals surface area (Å²) in [5, 5.41) is 22.9. The molecule has 3 aromatic rings. The second kappa shape index (κ2) is 8.67. The fourth-order valence-electron chi connectivity index (χ4n) is 2.74. The average Bonchev–Trinajstić information content (AvgIpc) is 2.74. The summed E-state index contributed by atoms with van der Waals surface area (Å²) in [7, 11) is 0. The van der Waals surface area contributed by atoms with Crippen LogP contribution in [0.15, 0.2) is 72.8 Å². The van der Waals surface area contributed by atoms with Gasteiger partial charge in [0.15, 0.2) is 0 Å². The van der Waals surface area contributed by atoms with Crippen LogP contribution in [0.3, 0.4) is 0 Å². The van der Waals surface area contributed by atoms with Gasteiger partial charge in [0.05, 0.1) is 16.6 Å². The van der Waals surface area contributed by atoms with Gasteiger partial charge >= 0.3 is 0 Å². The van der Waals surface area contributed by atoms with Crippen LogP contribution in [0, 0.1) is 28.4 Å². The molecule has 1 N–H and O–H groups in total. The molecule has 0 saturated heterocycles. The summed E-state index contributed by atoms with van der Waals surface area (Å²) >= 11 is 0. The van der Waals surface area contributed by atoms with Crippen molar-refractivity contribution in [2.24, 2.45) is 0 Å². The molecule has 0 saturated carbocycles. The Kier molecular flexibility index (Phi) is 5.85. The van der Waals surface area contributed by atoms with Crippen molar-refractivity contribution in [2.45, 2.75) is 13.0 Å². The van der Waals surface area contributed by atoms with Crippen LogP contribution >= 0.6 is 0 Å². The van der Waals surface area contributed by atoms with Crippen LogP contribution in [0.1, 0.15) is 22.8 Å². The van der Waals surface area contributed by atoms with Crippen LogP contribution in [-0.2, 0) is 4.79 Å². The first-order valence-electron chi connectivity index (χ1n) is 8.75. The fourth-order valence-corrected chi connectivity index (χ4v) is 2.74. The molecule has 0 fully saturated rings. The van der Waals surface area contributed by atoms with Crippen molar-refractivity contribution in [1.29, 1.82) is 5.26 Å². The number of nitro benzene ring substituents is 1. The SMILES string of the molecule is Cc1ccc(NC(=O)[C@H](Oc2ccc(C#N)cc2)c2ccccc2)c([N+](=O)[O-])c1. The highest BCUT2D eigenvalue weighted by atomic mass is 16.6. The Balaban J connectivity index is 1.91. The van der Waals surface area contributed by atoms with E-state index < -0.39 is 16.9 Å². The minimum atomic E-state index is -1.04. The van der Waals surface area contributed by atoms with Crippen LogP contribution in [0.25, 0.3) is 0 Å². The van der Waals surface area contributed by atoms with Crippen molar-refractivity contribution in [3.63, 3.8) is 0 Å². The second-order valence-electron chi connectivity index (χ2n) is 6.31. The van der Waals surface area contributed by atoms with E-state index >= 15 is 0 Å². The lowest BCUT2D eigenvalue weighted by Crippen LogP contribution is -2.26. The van der Waals surface area contributed by atoms with E-state index in [4.69, 9.17) is 10.00 Å². The second-order valence-corrected chi connectivity index (χ2v) is 6.31. The summed E-state index contributed by atoms with van der Waals surface area (Å²) in [6.45, 7) is 1.74. The Bertz CT molecular complexity index is 1070. The normalized spacial score (nSPS) is 11.2. The number of nitro groups is 1. The number of rotatable bonds is 6. The van der Waals surface area contributed by atoms with Crippen molar-refractivity contribution in [2.75, 3.05) is 5.32 Å². The summed E-state index contributed by atoms with van der Waals surface area (Å²) in [6, 6.07) is 21.8. The molecule has 0 aliphatic rings. The molecule has 0 heterocycles. The minimum absolute atomic E-state index is 0.0926. The quantitative estimate of drug-likeness (QED) is 0.494. The molecule has 1 amide bonds. The lowest BCUT2D eigenvalue weighted by atomic mass is 10.1. The molecule has 144 valence electrons. The van der Waals surface area contributed by atoms with Crippen molar-refractivity contribution < 1.29 is 14.5 Å². The number of carbonyl (C=O) groups excluding carboxylic acids is 1. The van der Waals surface area contributed by atoms with Gasteiger partial charge in [0.25, 0.3) is 11.6 Å². The van der Waals surface area contributed by atoms with Crippen LogP contribution in [-0.4, -0.2) is 10.8 Å². The molecule has 0 bridgehead atoms. The molecule has 0 unspecified atom stereocenters. The van der Waals surface area contributed by atoms with Gasteiger partial charge in [-0.15, -0.1) is 0 Å². The van der Waals surface area contributed by atoms with Crippen molar-refractivity contribution in [3.05, 3.63) is 99.6 Å². The van der Waals surface area contributed by atoms with Gasteiger partial charge in [0.1, 0.15) is 11.4 Å². The van der Waals surface area contributed by atoms with Gasteiger partial charge in [-0.05, 0) is 42.8 Å². The number of benzene rings is 3. The Morgan fingerprint density at radius 3 is 2.41 bits per heavy atom. The number of aryl methyl sites for hydroxylation is 1. The van der Waals surface area contributed by atoms with Crippen LogP contribution in [0.2, 0.25) is 0 Å². The van der Waals surface area contributed by atoms with Crippen molar-refractivity contribution in [1.82, 2.24) is 0 Å². The third-order valence-electron chi connectivity index (χ3n) is 4.19. The molecular formula is C22H17N3O4. The number of anilines is 1. The molecule has 7 nitrogen and oxygen atoms in total. The van der Waals surface area contributed by atoms with E-state index in [2.05, 4.69) is 5.32 Å². The number of ether oxygens (including phenoxy) is 1. The van der Waals surface area contributed by atoms with Crippen molar-refractivity contribution >= 4 is 17.3 Å². The van der Waals surface area contributed by atoms with Gasteiger partial charge in [0, 0.05) is 11.6 Å². The number of nitrogens with zero attached hydrogens (tertiary/aromatic N) is 2. The van der Waals surface area contributed by atoms with E-state index in [0.717, 1.165) is 0 Å². The minimum Gasteiger partial charge on any atom is -0.476 e. The highest BCUT2D eigenvalue weighted by Gasteiger charge is 2.25. The zero-order chi connectivity index (χ0) is 20.8. The largest absolute Gasteiger partial charge is 0.476 e. The highest BCUT2D eigenvalue weighted by molar-refractivity contribution is 5.97. The molecule has 3 rings (SSSR count). The lowest BCUT2D eigenvalue weighted by molar-refractivity contribution is -0.384. The number of hydrogen-bond donors (Lipinski definition) is 1. The Labute approximate surface area is 167 Å². The fraction of sp³-hybridized carbons (Fsp3) is 0.0909. The lowest BCUT2D eigenvalue weighted by Gasteiger charge is -2.19. The smallest absolute Gasteiger partial charge is 0.293 e. The topological polar surface area (TPSA) is 105 Å². The van der Waals surface area contributed by atoms with E-state index in [9.17, 15) is 14.9 Å². The van der Waals surface area contributed by atoms with Gasteiger partial charge in [-0.3, -0.25) is 14.9 Å². The maximum absolute atomic E-state index is 13.0. The van der Waals surface area contributed by atoms with Gasteiger partial charge in [-0.25, -0.2) is 0 Å². The predicted octanol–water partition coefficient (Wildman–Crippen LogP) is 4.53. The zero-order valence-corrected chi connectivity index (χ0v) is 15.5. The molecular weight excluding hydrogens is 370 g/mol. The summed E-state index contributed by atoms with van der Waals surface area (Å²) in [5.41, 5.74) is 1.67. The Morgan fingerprint density at radius 1 is 1.10 bits per heavy atom. The Morgan fingerprint density at radius 2 is 1.79 bits per heavy atom. The molecule has 7 heteroatoms. The maximum Gasteiger partial charge on any atom is 0.293 e.